The number of hydrogen-bond donors (Lipinski definition) is 2. The molecule has 0 aliphatic rings. The minimum absolute atomic E-state index is 0.252. The van der Waals surface area contributed by atoms with E-state index in [0.717, 1.165) is 11.0 Å². The Morgan fingerprint density at radius 2 is 2.00 bits per heavy atom. The van der Waals surface area contributed by atoms with Crippen LogP contribution in [0, 0.1) is 0 Å². The number of fused-ring (bicyclic) bond motifs is 1. The number of anilines is 1. The zero-order chi connectivity index (χ0) is 12.4. The van der Waals surface area contributed by atoms with Crippen molar-refractivity contribution in [2.75, 3.05) is 5.32 Å². The highest BCUT2D eigenvalue weighted by molar-refractivity contribution is 6.05. The van der Waals surface area contributed by atoms with Crippen LogP contribution < -0.4 is 5.32 Å². The highest BCUT2D eigenvalue weighted by atomic mass is 16.1. The van der Waals surface area contributed by atoms with Crippen LogP contribution in [0.1, 0.15) is 10.4 Å². The van der Waals surface area contributed by atoms with Gasteiger partial charge < -0.3 is 4.98 Å². The van der Waals surface area contributed by atoms with Crippen LogP contribution in [-0.4, -0.2) is 25.8 Å². The number of amides is 1. The van der Waals surface area contributed by atoms with Gasteiger partial charge in [0, 0.05) is 18.0 Å². The molecule has 0 fully saturated rings. The second-order valence-corrected chi connectivity index (χ2v) is 3.66. The summed E-state index contributed by atoms with van der Waals surface area (Å²) in [5.74, 6) is 0.0323. The van der Waals surface area contributed by atoms with Crippen molar-refractivity contribution >= 4 is 22.9 Å². The number of aromatic nitrogens is 4. The number of H-pyrrole nitrogens is 1. The van der Waals surface area contributed by atoms with E-state index in [2.05, 4.69) is 25.3 Å². The first-order chi connectivity index (χ1) is 8.83. The molecule has 0 saturated heterocycles. The van der Waals surface area contributed by atoms with E-state index in [0.29, 0.717) is 5.56 Å². The molecular weight excluding hydrogens is 230 g/mol. The quantitative estimate of drug-likeness (QED) is 0.711. The molecule has 1 amide bonds. The van der Waals surface area contributed by atoms with Gasteiger partial charge in [0.2, 0.25) is 5.95 Å². The van der Waals surface area contributed by atoms with E-state index in [1.54, 1.807) is 43.0 Å². The van der Waals surface area contributed by atoms with Crippen LogP contribution in [0.15, 0.2) is 43.0 Å². The molecule has 18 heavy (non-hydrogen) atoms. The molecule has 1 aromatic carbocycles. The van der Waals surface area contributed by atoms with Crippen molar-refractivity contribution in [2.24, 2.45) is 0 Å². The molecule has 0 unspecified atom stereocenters. The summed E-state index contributed by atoms with van der Waals surface area (Å²) in [7, 11) is 0. The SMILES string of the molecule is O=C(Nc1ncccn1)c1ccc2nc[nH]c2c1. The predicted octanol–water partition coefficient (Wildman–Crippen LogP) is 1.61. The van der Waals surface area contributed by atoms with Gasteiger partial charge in [-0.2, -0.15) is 0 Å². The average molecular weight is 239 g/mol. The van der Waals surface area contributed by atoms with Gasteiger partial charge in [-0.05, 0) is 24.3 Å². The second kappa shape index (κ2) is 4.25. The Balaban J connectivity index is 1.87. The first kappa shape index (κ1) is 10.4. The monoisotopic (exact) mass is 239 g/mol. The molecule has 6 nitrogen and oxygen atoms in total. The summed E-state index contributed by atoms with van der Waals surface area (Å²) >= 11 is 0. The van der Waals surface area contributed by atoms with E-state index in [1.807, 2.05) is 0 Å². The van der Waals surface area contributed by atoms with Crippen molar-refractivity contribution in [3.8, 4) is 0 Å². The maximum absolute atomic E-state index is 12.0. The van der Waals surface area contributed by atoms with Crippen molar-refractivity contribution in [1.29, 1.82) is 0 Å². The third-order valence-corrected chi connectivity index (χ3v) is 2.47. The van der Waals surface area contributed by atoms with Gasteiger partial charge in [0.15, 0.2) is 0 Å². The van der Waals surface area contributed by atoms with Crippen molar-refractivity contribution < 1.29 is 4.79 Å². The summed E-state index contributed by atoms with van der Waals surface area (Å²) in [6, 6.07) is 6.92. The Labute approximate surface area is 102 Å². The summed E-state index contributed by atoms with van der Waals surface area (Å²) < 4.78 is 0. The molecule has 0 saturated carbocycles. The molecule has 0 aliphatic carbocycles. The van der Waals surface area contributed by atoms with Crippen molar-refractivity contribution in [2.45, 2.75) is 0 Å². The van der Waals surface area contributed by atoms with Crippen LogP contribution in [0.4, 0.5) is 5.95 Å². The molecule has 3 aromatic rings. The van der Waals surface area contributed by atoms with Crippen molar-refractivity contribution in [1.82, 2.24) is 19.9 Å². The molecule has 0 aliphatic heterocycles. The Morgan fingerprint density at radius 3 is 2.83 bits per heavy atom. The number of carbonyl (C=O) groups excluding carboxylic acids is 1. The Hall–Kier alpha value is -2.76. The molecule has 0 bridgehead atoms. The largest absolute Gasteiger partial charge is 0.345 e. The predicted molar refractivity (Wildman–Crippen MR) is 66.1 cm³/mol. The van der Waals surface area contributed by atoms with Gasteiger partial charge in [0.05, 0.1) is 17.4 Å². The number of hydrogen-bond acceptors (Lipinski definition) is 4. The first-order valence-corrected chi connectivity index (χ1v) is 5.34. The van der Waals surface area contributed by atoms with E-state index in [-0.39, 0.29) is 11.9 Å². The maximum Gasteiger partial charge on any atom is 0.258 e. The van der Waals surface area contributed by atoms with Crippen LogP contribution in [0.5, 0.6) is 0 Å². The molecular formula is C12H9N5O. The van der Waals surface area contributed by atoms with E-state index >= 15 is 0 Å². The van der Waals surface area contributed by atoms with Crippen LogP contribution in [0.25, 0.3) is 11.0 Å². The summed E-state index contributed by atoms with van der Waals surface area (Å²) in [6.45, 7) is 0. The fraction of sp³-hybridized carbons (Fsp3) is 0. The van der Waals surface area contributed by atoms with Crippen LogP contribution >= 0.6 is 0 Å². The Bertz CT molecular complexity index is 692. The van der Waals surface area contributed by atoms with Crippen molar-refractivity contribution in [3.63, 3.8) is 0 Å². The standard InChI is InChI=1S/C12H9N5O/c18-11(17-12-13-4-1-5-14-12)8-2-3-9-10(6-8)16-7-15-9/h1-7H,(H,15,16)(H,13,14,17,18). The highest BCUT2D eigenvalue weighted by Crippen LogP contribution is 2.12. The lowest BCUT2D eigenvalue weighted by Crippen LogP contribution is -2.13. The number of benzene rings is 1. The molecule has 2 N–H and O–H groups in total. The topological polar surface area (TPSA) is 83.6 Å². The summed E-state index contributed by atoms with van der Waals surface area (Å²) in [4.78, 5) is 26.9. The molecule has 6 heteroatoms. The third kappa shape index (κ3) is 1.91. The van der Waals surface area contributed by atoms with Gasteiger partial charge in [-0.3, -0.25) is 10.1 Å². The van der Waals surface area contributed by atoms with E-state index < -0.39 is 0 Å². The minimum atomic E-state index is -0.252. The number of nitrogens with zero attached hydrogens (tertiary/aromatic N) is 3. The molecule has 2 heterocycles. The molecule has 2 aromatic heterocycles. The van der Waals surface area contributed by atoms with E-state index in [4.69, 9.17) is 0 Å². The maximum atomic E-state index is 12.0. The fourth-order valence-corrected chi connectivity index (χ4v) is 1.61. The molecule has 0 radical (unpaired) electrons. The number of aromatic amines is 1. The Kier molecular flexibility index (Phi) is 2.45. The molecule has 3 rings (SSSR count). The van der Waals surface area contributed by atoms with Gasteiger partial charge in [0.25, 0.3) is 5.91 Å². The molecule has 0 atom stereocenters. The fourth-order valence-electron chi connectivity index (χ4n) is 1.61. The second-order valence-electron chi connectivity index (χ2n) is 3.66. The van der Waals surface area contributed by atoms with Gasteiger partial charge >= 0.3 is 0 Å². The highest BCUT2D eigenvalue weighted by Gasteiger charge is 2.08. The lowest BCUT2D eigenvalue weighted by atomic mass is 10.2. The summed E-state index contributed by atoms with van der Waals surface area (Å²) in [6.07, 6.45) is 4.73. The first-order valence-electron chi connectivity index (χ1n) is 5.34. The third-order valence-electron chi connectivity index (χ3n) is 2.47. The Morgan fingerprint density at radius 1 is 1.17 bits per heavy atom. The molecule has 0 spiro atoms. The van der Waals surface area contributed by atoms with Crippen molar-refractivity contribution in [3.05, 3.63) is 48.5 Å². The number of carbonyl (C=O) groups is 1. The smallest absolute Gasteiger partial charge is 0.258 e. The minimum Gasteiger partial charge on any atom is -0.345 e. The van der Waals surface area contributed by atoms with Crippen LogP contribution in [0.3, 0.4) is 0 Å². The van der Waals surface area contributed by atoms with Gasteiger partial charge in [-0.15, -0.1) is 0 Å². The van der Waals surface area contributed by atoms with Gasteiger partial charge in [-0.1, -0.05) is 0 Å². The zero-order valence-corrected chi connectivity index (χ0v) is 9.29. The number of imidazole rings is 1. The lowest BCUT2D eigenvalue weighted by molar-refractivity contribution is 0.102. The van der Waals surface area contributed by atoms with Gasteiger partial charge in [0.1, 0.15) is 0 Å². The summed E-state index contributed by atoms with van der Waals surface area (Å²) in [5.41, 5.74) is 2.17. The molecule has 88 valence electrons. The zero-order valence-electron chi connectivity index (χ0n) is 9.29. The summed E-state index contributed by atoms with van der Waals surface area (Å²) in [5, 5.41) is 2.62. The van der Waals surface area contributed by atoms with E-state index in [9.17, 15) is 4.79 Å². The average Bonchev–Trinajstić information content (AvgIpc) is 2.87. The van der Waals surface area contributed by atoms with E-state index in [1.165, 1.54) is 0 Å². The number of rotatable bonds is 2. The number of nitrogens with one attached hydrogen (secondary N) is 2. The van der Waals surface area contributed by atoms with Crippen LogP contribution in [0.2, 0.25) is 0 Å². The van der Waals surface area contributed by atoms with Crippen LogP contribution in [-0.2, 0) is 0 Å². The lowest BCUT2D eigenvalue weighted by Gasteiger charge is -2.02. The normalized spacial score (nSPS) is 10.4. The van der Waals surface area contributed by atoms with Gasteiger partial charge in [-0.25, -0.2) is 15.0 Å².